The average molecular weight is 472 g/mol. The van der Waals surface area contributed by atoms with Crippen LogP contribution in [-0.2, 0) is 6.42 Å². The molecule has 2 N–H and O–H groups in total. The van der Waals surface area contributed by atoms with Crippen molar-refractivity contribution in [1.82, 2.24) is 4.98 Å². The van der Waals surface area contributed by atoms with Crippen LogP contribution in [0.1, 0.15) is 42.6 Å². The number of hydrogen-bond acceptors (Lipinski definition) is 4. The quantitative estimate of drug-likeness (QED) is 0.233. The Hall–Kier alpha value is -3.57. The number of para-hydroxylation sites is 1. The summed E-state index contributed by atoms with van der Waals surface area (Å²) in [6.07, 6.45) is 3.79. The van der Waals surface area contributed by atoms with Crippen molar-refractivity contribution in [3.63, 3.8) is 0 Å². The number of rotatable bonds is 12. The predicted molar refractivity (Wildman–Crippen MR) is 140 cm³/mol. The van der Waals surface area contributed by atoms with Gasteiger partial charge in [0.2, 0.25) is 0 Å². The molecule has 0 fully saturated rings. The minimum Gasteiger partial charge on any atom is -0.494 e. The molecule has 0 spiro atoms. The van der Waals surface area contributed by atoms with Gasteiger partial charge in [0.25, 0.3) is 0 Å². The molecule has 4 rings (SSSR count). The number of hydrogen-bond donors (Lipinski definition) is 2. The second-order valence-corrected chi connectivity index (χ2v) is 8.76. The maximum atomic E-state index is 13.4. The van der Waals surface area contributed by atoms with Crippen molar-refractivity contribution in [2.24, 2.45) is 5.92 Å². The summed E-state index contributed by atoms with van der Waals surface area (Å²) in [6, 6.07) is 21.7. The van der Waals surface area contributed by atoms with Crippen LogP contribution in [0.3, 0.4) is 0 Å². The molecule has 0 bridgehead atoms. The first-order valence-electron chi connectivity index (χ1n) is 12.3. The van der Waals surface area contributed by atoms with Gasteiger partial charge >= 0.3 is 0 Å². The van der Waals surface area contributed by atoms with Crippen LogP contribution in [0.15, 0.2) is 72.9 Å². The molecule has 3 aromatic carbocycles. The van der Waals surface area contributed by atoms with Gasteiger partial charge in [0.1, 0.15) is 11.5 Å². The number of aromatic amines is 1. The second kappa shape index (κ2) is 11.7. The Labute approximate surface area is 206 Å². The number of carbonyl (C=O) groups excluding carboxylic acids is 1. The molecule has 4 aromatic rings. The number of nitrogens with one attached hydrogen (secondary N) is 1. The smallest absolute Gasteiger partial charge is 0.166 e. The molecule has 1 aromatic heterocycles. The predicted octanol–water partition coefficient (Wildman–Crippen LogP) is 6.45. The largest absolute Gasteiger partial charge is 0.494 e. The van der Waals surface area contributed by atoms with E-state index in [2.05, 4.69) is 18.0 Å². The first-order valence-corrected chi connectivity index (χ1v) is 12.3. The molecule has 5 heteroatoms. The number of benzene rings is 3. The van der Waals surface area contributed by atoms with Crippen molar-refractivity contribution in [1.29, 1.82) is 0 Å². The molecular weight excluding hydrogens is 438 g/mol. The van der Waals surface area contributed by atoms with Crippen molar-refractivity contribution < 1.29 is 19.4 Å². The molecule has 0 radical (unpaired) electrons. The van der Waals surface area contributed by atoms with Crippen LogP contribution >= 0.6 is 0 Å². The molecule has 1 unspecified atom stereocenters. The average Bonchev–Trinajstić information content (AvgIpc) is 3.30. The van der Waals surface area contributed by atoms with Crippen LogP contribution in [0.4, 0.5) is 0 Å². The van der Waals surface area contributed by atoms with Crippen LogP contribution < -0.4 is 9.47 Å². The summed E-state index contributed by atoms with van der Waals surface area (Å²) < 4.78 is 11.5. The third-order valence-electron chi connectivity index (χ3n) is 6.16. The second-order valence-electron chi connectivity index (χ2n) is 8.76. The van der Waals surface area contributed by atoms with E-state index in [0.717, 1.165) is 39.8 Å². The summed E-state index contributed by atoms with van der Waals surface area (Å²) in [5.41, 5.74) is 4.66. The molecule has 1 heterocycles. The molecular formula is C30H33NO4. The highest BCUT2D eigenvalue weighted by molar-refractivity contribution is 6.00. The van der Waals surface area contributed by atoms with Gasteiger partial charge in [-0.1, -0.05) is 43.3 Å². The highest BCUT2D eigenvalue weighted by Gasteiger charge is 2.20. The number of ketones is 1. The molecule has 0 saturated carbocycles. The monoisotopic (exact) mass is 471 g/mol. The van der Waals surface area contributed by atoms with Gasteiger partial charge in [-0.25, -0.2) is 0 Å². The fourth-order valence-corrected chi connectivity index (χ4v) is 4.36. The van der Waals surface area contributed by atoms with Crippen molar-refractivity contribution >= 4 is 16.7 Å². The molecule has 5 nitrogen and oxygen atoms in total. The summed E-state index contributed by atoms with van der Waals surface area (Å²) in [7, 11) is 0. The van der Waals surface area contributed by atoms with E-state index >= 15 is 0 Å². The maximum absolute atomic E-state index is 13.4. The number of fused-ring (bicyclic) bond motifs is 1. The minimum absolute atomic E-state index is 0.0305. The summed E-state index contributed by atoms with van der Waals surface area (Å²) in [6.45, 7) is 5.08. The lowest BCUT2D eigenvalue weighted by molar-refractivity contribution is 0.0932. The standard InChI is InChI=1S/C30H33NO4/c1-3-15-35-25-12-9-22(10-13-25)23-11-14-30(34-4-2)27(18-23)29(33)17-21(20-32)16-24-19-31-28-8-6-5-7-26(24)28/h5-14,18-19,21,31-32H,3-4,15-17,20H2,1-2H3. The Balaban J connectivity index is 1.55. The van der Waals surface area contributed by atoms with Gasteiger partial charge in [0.15, 0.2) is 5.78 Å². The Morgan fingerprint density at radius 2 is 1.74 bits per heavy atom. The van der Waals surface area contributed by atoms with E-state index in [1.54, 1.807) is 0 Å². The van der Waals surface area contributed by atoms with Crippen LogP contribution in [-0.4, -0.2) is 35.7 Å². The zero-order chi connectivity index (χ0) is 24.6. The molecule has 0 aliphatic rings. The lowest BCUT2D eigenvalue weighted by Gasteiger charge is -2.16. The zero-order valence-electron chi connectivity index (χ0n) is 20.4. The molecule has 0 amide bonds. The van der Waals surface area contributed by atoms with Crippen LogP contribution in [0.5, 0.6) is 11.5 Å². The number of Topliss-reactive ketones (excluding diaryl/α,β-unsaturated/α-hetero) is 1. The lowest BCUT2D eigenvalue weighted by Crippen LogP contribution is -2.16. The summed E-state index contributed by atoms with van der Waals surface area (Å²) in [5, 5.41) is 11.2. The van der Waals surface area contributed by atoms with Crippen molar-refractivity contribution in [3.05, 3.63) is 84.1 Å². The Morgan fingerprint density at radius 1 is 0.971 bits per heavy atom. The Bertz CT molecular complexity index is 1260. The first kappa shape index (κ1) is 24.6. The lowest BCUT2D eigenvalue weighted by atomic mass is 9.91. The van der Waals surface area contributed by atoms with E-state index in [-0.39, 0.29) is 24.7 Å². The van der Waals surface area contributed by atoms with E-state index in [1.165, 1.54) is 0 Å². The molecule has 0 saturated heterocycles. The third-order valence-corrected chi connectivity index (χ3v) is 6.16. The van der Waals surface area contributed by atoms with Crippen LogP contribution in [0, 0.1) is 5.92 Å². The topological polar surface area (TPSA) is 71.6 Å². The highest BCUT2D eigenvalue weighted by atomic mass is 16.5. The molecule has 0 aliphatic carbocycles. The number of aliphatic hydroxyl groups excluding tert-OH is 1. The van der Waals surface area contributed by atoms with Crippen molar-refractivity contribution in [2.45, 2.75) is 33.1 Å². The fraction of sp³-hybridized carbons (Fsp3) is 0.300. The van der Waals surface area contributed by atoms with Gasteiger partial charge in [-0.05, 0) is 72.7 Å². The van der Waals surface area contributed by atoms with Crippen molar-refractivity contribution in [2.75, 3.05) is 19.8 Å². The summed E-state index contributed by atoms with van der Waals surface area (Å²) in [5.74, 6) is 1.20. The number of aromatic nitrogens is 1. The third kappa shape index (κ3) is 5.92. The van der Waals surface area contributed by atoms with Gasteiger partial charge in [-0.3, -0.25) is 4.79 Å². The zero-order valence-corrected chi connectivity index (χ0v) is 20.4. The fourth-order valence-electron chi connectivity index (χ4n) is 4.36. The van der Waals surface area contributed by atoms with E-state index in [9.17, 15) is 9.90 Å². The van der Waals surface area contributed by atoms with E-state index in [4.69, 9.17) is 9.47 Å². The molecule has 0 aliphatic heterocycles. The number of H-pyrrole nitrogens is 1. The van der Waals surface area contributed by atoms with E-state index in [0.29, 0.717) is 30.9 Å². The molecule has 1 atom stereocenters. The number of ether oxygens (including phenoxy) is 2. The van der Waals surface area contributed by atoms with Gasteiger partial charge in [0, 0.05) is 30.1 Å². The molecule has 182 valence electrons. The number of carbonyl (C=O) groups is 1. The molecule has 35 heavy (non-hydrogen) atoms. The Kier molecular flexibility index (Phi) is 8.22. The summed E-state index contributed by atoms with van der Waals surface area (Å²) >= 11 is 0. The first-order chi connectivity index (χ1) is 17.1. The van der Waals surface area contributed by atoms with E-state index < -0.39 is 0 Å². The minimum atomic E-state index is -0.185. The van der Waals surface area contributed by atoms with Gasteiger partial charge in [0.05, 0.1) is 18.8 Å². The number of aliphatic hydroxyl groups is 1. The maximum Gasteiger partial charge on any atom is 0.166 e. The van der Waals surface area contributed by atoms with Gasteiger partial charge < -0.3 is 19.6 Å². The Morgan fingerprint density at radius 3 is 2.49 bits per heavy atom. The van der Waals surface area contributed by atoms with E-state index in [1.807, 2.05) is 73.8 Å². The van der Waals surface area contributed by atoms with Gasteiger partial charge in [-0.2, -0.15) is 0 Å². The van der Waals surface area contributed by atoms with Gasteiger partial charge in [-0.15, -0.1) is 0 Å². The highest BCUT2D eigenvalue weighted by Crippen LogP contribution is 2.31. The normalized spacial score (nSPS) is 12.0. The van der Waals surface area contributed by atoms with Crippen LogP contribution in [0.25, 0.3) is 22.0 Å². The van der Waals surface area contributed by atoms with Crippen LogP contribution in [0.2, 0.25) is 0 Å². The summed E-state index contributed by atoms with van der Waals surface area (Å²) in [4.78, 5) is 16.7. The van der Waals surface area contributed by atoms with Crippen molar-refractivity contribution in [3.8, 4) is 22.6 Å². The SMILES string of the molecule is CCCOc1ccc(-c2ccc(OCC)c(C(=O)CC(CO)Cc3c[nH]c4ccccc34)c2)cc1.